The van der Waals surface area contributed by atoms with Crippen molar-refractivity contribution in [1.29, 1.82) is 0 Å². The average molecular weight is 299 g/mol. The van der Waals surface area contributed by atoms with E-state index in [4.69, 9.17) is 0 Å². The standard InChI is InChI=1S/C14H13N5O3/c20-13(9-1-2-9)17-10-3-5-11(6-4-10)18-14-15-7-12(8-16-14)19(21)22/h3-9H,1-2H2,(H,17,20)(H,15,16,18). The summed E-state index contributed by atoms with van der Waals surface area (Å²) in [5.74, 6) is 0.478. The zero-order valence-corrected chi connectivity index (χ0v) is 11.5. The first kappa shape index (κ1) is 13.9. The molecule has 112 valence electrons. The summed E-state index contributed by atoms with van der Waals surface area (Å²) in [5.41, 5.74) is 1.29. The Morgan fingerprint density at radius 2 is 1.73 bits per heavy atom. The lowest BCUT2D eigenvalue weighted by Gasteiger charge is -2.07. The predicted octanol–water partition coefficient (Wildman–Crippen LogP) is 2.48. The minimum absolute atomic E-state index is 0.0550. The number of carbonyl (C=O) groups is 1. The Morgan fingerprint density at radius 1 is 1.14 bits per heavy atom. The van der Waals surface area contributed by atoms with Crippen LogP contribution in [0.1, 0.15) is 12.8 Å². The summed E-state index contributed by atoms with van der Waals surface area (Å²) < 4.78 is 0. The molecule has 1 fully saturated rings. The molecule has 0 aliphatic heterocycles. The summed E-state index contributed by atoms with van der Waals surface area (Å²) in [7, 11) is 0. The average Bonchev–Trinajstić information content (AvgIpc) is 3.34. The molecule has 1 aromatic heterocycles. The van der Waals surface area contributed by atoms with Gasteiger partial charge >= 0.3 is 5.69 Å². The van der Waals surface area contributed by atoms with Crippen LogP contribution in [0.25, 0.3) is 0 Å². The Labute approximate surface area is 125 Å². The molecule has 2 N–H and O–H groups in total. The van der Waals surface area contributed by atoms with Crippen LogP contribution in [0.4, 0.5) is 23.0 Å². The molecule has 0 spiro atoms. The maximum absolute atomic E-state index is 11.6. The quantitative estimate of drug-likeness (QED) is 0.648. The maximum atomic E-state index is 11.6. The van der Waals surface area contributed by atoms with Gasteiger partial charge in [0, 0.05) is 17.3 Å². The van der Waals surface area contributed by atoms with Crippen LogP contribution in [0.5, 0.6) is 0 Å². The van der Waals surface area contributed by atoms with Crippen molar-refractivity contribution in [1.82, 2.24) is 9.97 Å². The van der Waals surface area contributed by atoms with Crippen molar-refractivity contribution >= 4 is 28.9 Å². The Bertz CT molecular complexity index is 695. The second-order valence-electron chi connectivity index (χ2n) is 4.99. The number of nitrogens with one attached hydrogen (secondary N) is 2. The molecule has 1 aliphatic rings. The first-order chi connectivity index (χ1) is 10.6. The van der Waals surface area contributed by atoms with E-state index >= 15 is 0 Å². The molecule has 1 aliphatic carbocycles. The molecular formula is C14H13N5O3. The molecule has 3 rings (SSSR count). The van der Waals surface area contributed by atoms with E-state index in [-0.39, 0.29) is 23.5 Å². The summed E-state index contributed by atoms with van der Waals surface area (Å²) in [6.45, 7) is 0. The van der Waals surface area contributed by atoms with Crippen LogP contribution < -0.4 is 10.6 Å². The molecular weight excluding hydrogens is 286 g/mol. The summed E-state index contributed by atoms with van der Waals surface area (Å²) in [6, 6.07) is 7.09. The van der Waals surface area contributed by atoms with Gasteiger partial charge in [0.15, 0.2) is 0 Å². The van der Waals surface area contributed by atoms with Crippen molar-refractivity contribution in [2.45, 2.75) is 12.8 Å². The fourth-order valence-corrected chi connectivity index (χ4v) is 1.84. The van der Waals surface area contributed by atoms with Gasteiger partial charge in [-0.1, -0.05) is 0 Å². The van der Waals surface area contributed by atoms with Gasteiger partial charge in [-0.3, -0.25) is 14.9 Å². The highest BCUT2D eigenvalue weighted by Gasteiger charge is 2.29. The SMILES string of the molecule is O=C(Nc1ccc(Nc2ncc([N+](=O)[O-])cn2)cc1)C1CC1. The lowest BCUT2D eigenvalue weighted by Crippen LogP contribution is -2.13. The number of nitrogens with zero attached hydrogens (tertiary/aromatic N) is 3. The number of hydrogen-bond acceptors (Lipinski definition) is 6. The van der Waals surface area contributed by atoms with Gasteiger partial charge in [-0.15, -0.1) is 0 Å². The molecule has 8 heteroatoms. The number of nitro groups is 1. The van der Waals surface area contributed by atoms with Crippen LogP contribution in [0, 0.1) is 16.0 Å². The second kappa shape index (κ2) is 5.76. The van der Waals surface area contributed by atoms with E-state index in [9.17, 15) is 14.9 Å². The van der Waals surface area contributed by atoms with Crippen molar-refractivity contribution in [2.24, 2.45) is 5.92 Å². The van der Waals surface area contributed by atoms with Crippen molar-refractivity contribution < 1.29 is 9.72 Å². The van der Waals surface area contributed by atoms with Crippen LogP contribution in [0.15, 0.2) is 36.7 Å². The highest BCUT2D eigenvalue weighted by atomic mass is 16.6. The highest BCUT2D eigenvalue weighted by Crippen LogP contribution is 2.30. The smallest absolute Gasteiger partial charge is 0.305 e. The lowest BCUT2D eigenvalue weighted by atomic mass is 10.2. The van der Waals surface area contributed by atoms with Crippen molar-refractivity contribution in [3.63, 3.8) is 0 Å². The minimum atomic E-state index is -0.554. The maximum Gasteiger partial charge on any atom is 0.305 e. The van der Waals surface area contributed by atoms with Gasteiger partial charge in [0.25, 0.3) is 0 Å². The first-order valence-corrected chi connectivity index (χ1v) is 6.76. The van der Waals surface area contributed by atoms with Gasteiger partial charge in [-0.2, -0.15) is 0 Å². The molecule has 0 atom stereocenters. The third-order valence-electron chi connectivity index (χ3n) is 3.21. The third kappa shape index (κ3) is 3.35. The fourth-order valence-electron chi connectivity index (χ4n) is 1.84. The van der Waals surface area contributed by atoms with Gasteiger partial charge in [0.2, 0.25) is 11.9 Å². The van der Waals surface area contributed by atoms with E-state index < -0.39 is 4.92 Å². The largest absolute Gasteiger partial charge is 0.326 e. The molecule has 22 heavy (non-hydrogen) atoms. The third-order valence-corrected chi connectivity index (χ3v) is 3.21. The molecule has 0 radical (unpaired) electrons. The molecule has 0 unspecified atom stereocenters. The van der Waals surface area contributed by atoms with Gasteiger partial charge in [0.05, 0.1) is 4.92 Å². The Hall–Kier alpha value is -3.03. The molecule has 0 saturated heterocycles. The number of aromatic nitrogens is 2. The number of rotatable bonds is 5. The van der Waals surface area contributed by atoms with Crippen LogP contribution in [0.2, 0.25) is 0 Å². The monoisotopic (exact) mass is 299 g/mol. The summed E-state index contributed by atoms with van der Waals surface area (Å²) in [6.07, 6.45) is 4.20. The molecule has 1 aromatic carbocycles. The summed E-state index contributed by atoms with van der Waals surface area (Å²) >= 11 is 0. The van der Waals surface area contributed by atoms with Gasteiger partial charge in [-0.05, 0) is 37.1 Å². The van der Waals surface area contributed by atoms with E-state index in [1.807, 2.05) is 0 Å². The topological polar surface area (TPSA) is 110 Å². The number of amides is 1. The van der Waals surface area contributed by atoms with E-state index in [1.165, 1.54) is 0 Å². The zero-order chi connectivity index (χ0) is 15.5. The second-order valence-corrected chi connectivity index (χ2v) is 4.99. The van der Waals surface area contributed by atoms with Crippen LogP contribution in [-0.2, 0) is 4.79 Å². The van der Waals surface area contributed by atoms with Crippen LogP contribution in [0.3, 0.4) is 0 Å². The summed E-state index contributed by atoms with van der Waals surface area (Å²) in [5, 5.41) is 16.3. The Kier molecular flexibility index (Phi) is 3.65. The molecule has 1 amide bonds. The van der Waals surface area contributed by atoms with E-state index in [1.54, 1.807) is 24.3 Å². The molecule has 1 heterocycles. The number of benzene rings is 1. The van der Waals surface area contributed by atoms with E-state index in [2.05, 4.69) is 20.6 Å². The zero-order valence-electron chi connectivity index (χ0n) is 11.5. The van der Waals surface area contributed by atoms with E-state index in [0.29, 0.717) is 0 Å². The first-order valence-electron chi connectivity index (χ1n) is 6.76. The molecule has 0 bridgehead atoms. The number of hydrogen-bond donors (Lipinski definition) is 2. The number of anilines is 3. The van der Waals surface area contributed by atoms with Crippen LogP contribution in [-0.4, -0.2) is 20.8 Å². The normalized spacial score (nSPS) is 13.5. The lowest BCUT2D eigenvalue weighted by molar-refractivity contribution is -0.385. The molecule has 2 aromatic rings. The van der Waals surface area contributed by atoms with Crippen molar-refractivity contribution in [3.05, 3.63) is 46.8 Å². The molecule has 1 saturated carbocycles. The van der Waals surface area contributed by atoms with Crippen molar-refractivity contribution in [3.8, 4) is 0 Å². The van der Waals surface area contributed by atoms with Crippen LogP contribution >= 0.6 is 0 Å². The highest BCUT2D eigenvalue weighted by molar-refractivity contribution is 5.94. The van der Waals surface area contributed by atoms with Gasteiger partial charge < -0.3 is 10.6 Å². The fraction of sp³-hybridized carbons (Fsp3) is 0.214. The Morgan fingerprint density at radius 3 is 2.27 bits per heavy atom. The summed E-state index contributed by atoms with van der Waals surface area (Å²) in [4.78, 5) is 29.3. The van der Waals surface area contributed by atoms with Gasteiger partial charge in [0.1, 0.15) is 12.4 Å². The molecule has 8 nitrogen and oxygen atoms in total. The van der Waals surface area contributed by atoms with Gasteiger partial charge in [-0.25, -0.2) is 9.97 Å². The van der Waals surface area contributed by atoms with Crippen molar-refractivity contribution in [2.75, 3.05) is 10.6 Å². The number of carbonyl (C=O) groups excluding carboxylic acids is 1. The van der Waals surface area contributed by atoms with E-state index in [0.717, 1.165) is 36.6 Å². The predicted molar refractivity (Wildman–Crippen MR) is 79.8 cm³/mol. The Balaban J connectivity index is 1.62. The minimum Gasteiger partial charge on any atom is -0.326 e.